The number of nitrogens with two attached hydrogens (primary N) is 1. The van der Waals surface area contributed by atoms with E-state index in [0.29, 0.717) is 29.8 Å². The van der Waals surface area contributed by atoms with Crippen molar-refractivity contribution in [3.8, 4) is 0 Å². The minimum Gasteiger partial charge on any atom is -0.398 e. The first kappa shape index (κ1) is 14.8. The molecule has 0 bridgehead atoms. The number of hydrogen-bond donors (Lipinski definition) is 2. The Bertz CT molecular complexity index is 482. The van der Waals surface area contributed by atoms with Crippen molar-refractivity contribution in [2.24, 2.45) is 0 Å². The summed E-state index contributed by atoms with van der Waals surface area (Å²) in [7, 11) is 0. The molecule has 0 spiro atoms. The molecule has 0 radical (unpaired) electrons. The van der Waals surface area contributed by atoms with Gasteiger partial charge in [0.1, 0.15) is 5.82 Å². The Kier molecular flexibility index (Phi) is 4.60. The van der Waals surface area contributed by atoms with Crippen LogP contribution in [-0.2, 0) is 0 Å². The summed E-state index contributed by atoms with van der Waals surface area (Å²) in [6.07, 6.45) is 3.35. The highest BCUT2D eigenvalue weighted by molar-refractivity contribution is 5.95. The lowest BCUT2D eigenvalue weighted by Crippen LogP contribution is -2.35. The number of aliphatic hydroxyl groups is 1. The maximum absolute atomic E-state index is 13.7. The van der Waals surface area contributed by atoms with Gasteiger partial charge in [0.05, 0.1) is 0 Å². The monoisotopic (exact) mass is 280 g/mol. The molecule has 1 aromatic carbocycles. The molecular formula is C15H21FN2O2. The van der Waals surface area contributed by atoms with E-state index in [2.05, 4.69) is 0 Å². The van der Waals surface area contributed by atoms with Crippen LogP contribution in [0.3, 0.4) is 0 Å². The Morgan fingerprint density at radius 3 is 2.95 bits per heavy atom. The second-order valence-electron chi connectivity index (χ2n) is 5.33. The number of amides is 1. The van der Waals surface area contributed by atoms with Gasteiger partial charge in [-0.25, -0.2) is 4.39 Å². The Labute approximate surface area is 118 Å². The fourth-order valence-electron chi connectivity index (χ4n) is 2.72. The molecule has 2 rings (SSSR count). The van der Waals surface area contributed by atoms with E-state index in [-0.39, 0.29) is 18.6 Å². The van der Waals surface area contributed by atoms with E-state index in [1.165, 1.54) is 6.07 Å². The van der Waals surface area contributed by atoms with Gasteiger partial charge in [-0.1, -0.05) is 0 Å². The highest BCUT2D eigenvalue weighted by Gasteiger charge is 2.29. The van der Waals surface area contributed by atoms with Crippen LogP contribution in [0.4, 0.5) is 10.1 Å². The van der Waals surface area contributed by atoms with Crippen LogP contribution >= 0.6 is 0 Å². The number of rotatable bonds is 4. The molecule has 1 aliphatic heterocycles. The molecule has 3 N–H and O–H groups in total. The van der Waals surface area contributed by atoms with Crippen molar-refractivity contribution in [2.45, 2.75) is 38.6 Å². The normalized spacial score (nSPS) is 18.6. The molecule has 110 valence electrons. The third-order valence-corrected chi connectivity index (χ3v) is 3.96. The van der Waals surface area contributed by atoms with Gasteiger partial charge in [-0.2, -0.15) is 0 Å². The number of anilines is 1. The van der Waals surface area contributed by atoms with Crippen LogP contribution in [-0.4, -0.2) is 35.1 Å². The van der Waals surface area contributed by atoms with Crippen molar-refractivity contribution >= 4 is 11.6 Å². The topological polar surface area (TPSA) is 66.6 Å². The highest BCUT2D eigenvalue weighted by atomic mass is 19.1. The number of likely N-dealkylation sites (tertiary alicyclic amines) is 1. The molecule has 1 saturated heterocycles. The van der Waals surface area contributed by atoms with Gasteiger partial charge in [0, 0.05) is 36.0 Å². The summed E-state index contributed by atoms with van der Waals surface area (Å²) in [5, 5.41) is 8.90. The Balaban J connectivity index is 2.18. The SMILES string of the molecule is Cc1c(N)cc(C(=O)N2CCCC2CCCO)cc1F. The predicted molar refractivity (Wildman–Crippen MR) is 75.9 cm³/mol. The van der Waals surface area contributed by atoms with Gasteiger partial charge in [-0.3, -0.25) is 4.79 Å². The van der Waals surface area contributed by atoms with Gasteiger partial charge in [0.2, 0.25) is 0 Å². The van der Waals surface area contributed by atoms with E-state index < -0.39 is 5.82 Å². The molecule has 4 nitrogen and oxygen atoms in total. The molecule has 5 heteroatoms. The fraction of sp³-hybridized carbons (Fsp3) is 0.533. The van der Waals surface area contributed by atoms with Crippen molar-refractivity contribution in [3.05, 3.63) is 29.1 Å². The first-order valence-corrected chi connectivity index (χ1v) is 7.02. The van der Waals surface area contributed by atoms with E-state index >= 15 is 0 Å². The maximum atomic E-state index is 13.7. The molecule has 1 amide bonds. The molecule has 1 aliphatic rings. The van der Waals surface area contributed by atoms with Gasteiger partial charge in [0.15, 0.2) is 0 Å². The molecule has 20 heavy (non-hydrogen) atoms. The summed E-state index contributed by atoms with van der Waals surface area (Å²) in [4.78, 5) is 14.3. The minimum atomic E-state index is -0.445. The summed E-state index contributed by atoms with van der Waals surface area (Å²) in [6.45, 7) is 2.41. The van der Waals surface area contributed by atoms with Crippen molar-refractivity contribution in [1.29, 1.82) is 0 Å². The van der Waals surface area contributed by atoms with Crippen molar-refractivity contribution in [3.63, 3.8) is 0 Å². The Morgan fingerprint density at radius 2 is 2.30 bits per heavy atom. The standard InChI is InChI=1S/C15H21FN2O2/c1-10-13(16)8-11(9-14(10)17)15(20)18-6-2-4-12(18)5-3-7-19/h8-9,12,19H,2-7,17H2,1H3. The molecule has 1 aromatic rings. The van der Waals surface area contributed by atoms with Crippen LogP contribution in [0.1, 0.15) is 41.6 Å². The van der Waals surface area contributed by atoms with Crippen molar-refractivity contribution in [2.75, 3.05) is 18.9 Å². The van der Waals surface area contributed by atoms with E-state index in [1.807, 2.05) is 0 Å². The summed E-state index contributed by atoms with van der Waals surface area (Å²) < 4.78 is 13.7. The number of hydrogen-bond acceptors (Lipinski definition) is 3. The first-order valence-electron chi connectivity index (χ1n) is 7.02. The number of aliphatic hydroxyl groups excluding tert-OH is 1. The zero-order chi connectivity index (χ0) is 14.7. The molecule has 1 atom stereocenters. The maximum Gasteiger partial charge on any atom is 0.254 e. The van der Waals surface area contributed by atoms with Gasteiger partial charge in [-0.15, -0.1) is 0 Å². The molecule has 1 fully saturated rings. The third-order valence-electron chi connectivity index (χ3n) is 3.96. The number of carbonyl (C=O) groups is 1. The van der Waals surface area contributed by atoms with Crippen LogP contribution in [0.5, 0.6) is 0 Å². The number of nitrogen functional groups attached to an aromatic ring is 1. The van der Waals surface area contributed by atoms with Crippen LogP contribution in [0.15, 0.2) is 12.1 Å². The Hall–Kier alpha value is -1.62. The van der Waals surface area contributed by atoms with E-state index in [4.69, 9.17) is 10.8 Å². The summed E-state index contributed by atoms with van der Waals surface area (Å²) >= 11 is 0. The lowest BCUT2D eigenvalue weighted by Gasteiger charge is -2.25. The Morgan fingerprint density at radius 1 is 1.55 bits per heavy atom. The van der Waals surface area contributed by atoms with Crippen LogP contribution < -0.4 is 5.73 Å². The van der Waals surface area contributed by atoms with Gasteiger partial charge in [0.25, 0.3) is 5.91 Å². The smallest absolute Gasteiger partial charge is 0.254 e. The summed E-state index contributed by atoms with van der Waals surface area (Å²) in [5.41, 5.74) is 6.72. The third kappa shape index (κ3) is 2.93. The molecule has 1 unspecified atom stereocenters. The lowest BCUT2D eigenvalue weighted by atomic mass is 10.1. The number of benzene rings is 1. The van der Waals surface area contributed by atoms with E-state index in [0.717, 1.165) is 19.3 Å². The summed E-state index contributed by atoms with van der Waals surface area (Å²) in [6, 6.07) is 2.94. The minimum absolute atomic E-state index is 0.130. The van der Waals surface area contributed by atoms with Gasteiger partial charge in [-0.05, 0) is 44.7 Å². The van der Waals surface area contributed by atoms with Crippen LogP contribution in [0.25, 0.3) is 0 Å². The molecule has 1 heterocycles. The number of halogens is 1. The second kappa shape index (κ2) is 6.22. The average Bonchev–Trinajstić information content (AvgIpc) is 2.89. The van der Waals surface area contributed by atoms with E-state index in [9.17, 15) is 9.18 Å². The number of carbonyl (C=O) groups excluding carboxylic acids is 1. The fourth-order valence-corrected chi connectivity index (χ4v) is 2.72. The summed E-state index contributed by atoms with van der Waals surface area (Å²) in [5.74, 6) is -0.615. The number of nitrogens with zero attached hydrogens (tertiary/aromatic N) is 1. The van der Waals surface area contributed by atoms with Gasteiger partial charge >= 0.3 is 0 Å². The van der Waals surface area contributed by atoms with Crippen molar-refractivity contribution in [1.82, 2.24) is 4.90 Å². The first-order chi connectivity index (χ1) is 9.54. The molecule has 0 aromatic heterocycles. The lowest BCUT2D eigenvalue weighted by molar-refractivity contribution is 0.0724. The molecule has 0 saturated carbocycles. The van der Waals surface area contributed by atoms with Gasteiger partial charge < -0.3 is 15.7 Å². The van der Waals surface area contributed by atoms with Crippen molar-refractivity contribution < 1.29 is 14.3 Å². The van der Waals surface area contributed by atoms with Crippen LogP contribution in [0, 0.1) is 12.7 Å². The van der Waals surface area contributed by atoms with Crippen LogP contribution in [0.2, 0.25) is 0 Å². The average molecular weight is 280 g/mol. The second-order valence-corrected chi connectivity index (χ2v) is 5.33. The zero-order valence-electron chi connectivity index (χ0n) is 11.7. The van der Waals surface area contributed by atoms with E-state index in [1.54, 1.807) is 17.9 Å². The molecule has 0 aliphatic carbocycles. The predicted octanol–water partition coefficient (Wildman–Crippen LogP) is 2.09. The highest BCUT2D eigenvalue weighted by Crippen LogP contribution is 2.25. The largest absolute Gasteiger partial charge is 0.398 e. The quantitative estimate of drug-likeness (QED) is 0.830. The zero-order valence-corrected chi connectivity index (χ0v) is 11.7. The molecular weight excluding hydrogens is 259 g/mol.